The predicted molar refractivity (Wildman–Crippen MR) is 139 cm³/mol. The van der Waals surface area contributed by atoms with Crippen LogP contribution in [0.3, 0.4) is 0 Å². The molecule has 5 heteroatoms. The van der Waals surface area contributed by atoms with E-state index in [1.165, 1.54) is 6.92 Å². The van der Waals surface area contributed by atoms with Gasteiger partial charge in [-0.15, -0.1) is 0 Å². The number of carbonyl (C=O) groups is 2. The Hall–Kier alpha value is -4.12. The van der Waals surface area contributed by atoms with E-state index in [0.717, 1.165) is 16.7 Å². The summed E-state index contributed by atoms with van der Waals surface area (Å²) >= 11 is 0. The number of ether oxygens (including phenoxy) is 2. The van der Waals surface area contributed by atoms with Crippen LogP contribution >= 0.6 is 0 Å². The Bertz CT molecular complexity index is 1230. The fourth-order valence-electron chi connectivity index (χ4n) is 4.65. The molecule has 1 fully saturated rings. The standard InChI is InChI=1S/C30H31NO4/c1-7-11-24(12-8-2)31-29(33)27(9-3)28(10-4)30(31,22-13-17-25(34-6)18-14-22)23-15-19-26(20-16-23)35-21(5)32/h7-20H,1H2,2-6H3/b12-8-,24-11+,27-9+,28-10+. The summed E-state index contributed by atoms with van der Waals surface area (Å²) in [5, 5.41) is 0. The van der Waals surface area contributed by atoms with E-state index in [4.69, 9.17) is 9.47 Å². The fourth-order valence-corrected chi connectivity index (χ4v) is 4.65. The molecule has 0 spiro atoms. The molecular weight excluding hydrogens is 438 g/mol. The Labute approximate surface area is 207 Å². The van der Waals surface area contributed by atoms with Gasteiger partial charge in [-0.25, -0.2) is 0 Å². The maximum absolute atomic E-state index is 14.0. The summed E-state index contributed by atoms with van der Waals surface area (Å²) in [6, 6.07) is 15.0. The molecule has 2 aromatic carbocycles. The smallest absolute Gasteiger partial charge is 0.308 e. The number of hydrogen-bond donors (Lipinski definition) is 0. The Morgan fingerprint density at radius 2 is 1.51 bits per heavy atom. The van der Waals surface area contributed by atoms with E-state index in [-0.39, 0.29) is 5.91 Å². The maximum atomic E-state index is 14.0. The molecule has 0 bridgehead atoms. The zero-order valence-electron chi connectivity index (χ0n) is 20.9. The van der Waals surface area contributed by atoms with Gasteiger partial charge in [0.05, 0.1) is 7.11 Å². The minimum Gasteiger partial charge on any atom is -0.497 e. The number of esters is 1. The van der Waals surface area contributed by atoms with Crippen molar-refractivity contribution in [3.8, 4) is 11.5 Å². The summed E-state index contributed by atoms with van der Waals surface area (Å²) < 4.78 is 10.7. The molecule has 180 valence electrons. The van der Waals surface area contributed by atoms with E-state index in [1.807, 2.05) is 92.4 Å². The molecule has 1 saturated heterocycles. The molecule has 2 aromatic rings. The SMILES string of the molecule is C=C/C=C(\C=C/C)N1C(=O)C(=C/C)/C(=C\C)C1(c1ccc(OC)cc1)c1ccc(OC(C)=O)cc1. The molecule has 1 aliphatic rings. The molecule has 3 rings (SSSR count). The van der Waals surface area contributed by atoms with Gasteiger partial charge >= 0.3 is 5.97 Å². The fraction of sp³-hybridized carbons (Fsp3) is 0.200. The molecule has 5 nitrogen and oxygen atoms in total. The topological polar surface area (TPSA) is 55.8 Å². The highest BCUT2D eigenvalue weighted by Crippen LogP contribution is 2.53. The summed E-state index contributed by atoms with van der Waals surface area (Å²) in [7, 11) is 1.62. The number of benzene rings is 2. The third kappa shape index (κ3) is 4.50. The van der Waals surface area contributed by atoms with Gasteiger partial charge in [0, 0.05) is 18.2 Å². The van der Waals surface area contributed by atoms with Crippen LogP contribution in [-0.4, -0.2) is 23.9 Å². The summed E-state index contributed by atoms with van der Waals surface area (Å²) in [6.45, 7) is 11.0. The lowest BCUT2D eigenvalue weighted by Crippen LogP contribution is -2.44. The highest BCUT2D eigenvalue weighted by molar-refractivity contribution is 6.05. The number of rotatable bonds is 7. The summed E-state index contributed by atoms with van der Waals surface area (Å²) in [5.41, 5.74) is 2.92. The molecule has 0 saturated carbocycles. The highest BCUT2D eigenvalue weighted by atomic mass is 16.5. The van der Waals surface area contributed by atoms with Crippen molar-refractivity contribution < 1.29 is 19.1 Å². The second-order valence-corrected chi connectivity index (χ2v) is 7.93. The zero-order valence-corrected chi connectivity index (χ0v) is 20.9. The number of amides is 1. The Balaban J connectivity index is 2.45. The van der Waals surface area contributed by atoms with E-state index in [0.29, 0.717) is 22.8 Å². The zero-order chi connectivity index (χ0) is 25.6. The van der Waals surface area contributed by atoms with Crippen molar-refractivity contribution in [3.63, 3.8) is 0 Å². The molecule has 0 radical (unpaired) electrons. The van der Waals surface area contributed by atoms with Gasteiger partial charge in [-0.05, 0) is 73.9 Å². The summed E-state index contributed by atoms with van der Waals surface area (Å²) in [5.74, 6) is 0.640. The summed E-state index contributed by atoms with van der Waals surface area (Å²) in [4.78, 5) is 27.3. The third-order valence-corrected chi connectivity index (χ3v) is 5.95. The second-order valence-electron chi connectivity index (χ2n) is 7.93. The molecule has 0 N–H and O–H groups in total. The molecule has 1 unspecified atom stereocenters. The first-order valence-electron chi connectivity index (χ1n) is 11.5. The van der Waals surface area contributed by atoms with Gasteiger partial charge < -0.3 is 9.47 Å². The highest BCUT2D eigenvalue weighted by Gasteiger charge is 2.55. The first-order valence-corrected chi connectivity index (χ1v) is 11.5. The van der Waals surface area contributed by atoms with Crippen molar-refractivity contribution in [2.45, 2.75) is 33.2 Å². The average molecular weight is 470 g/mol. The molecule has 35 heavy (non-hydrogen) atoms. The Morgan fingerprint density at radius 1 is 0.943 bits per heavy atom. The number of carbonyl (C=O) groups excluding carboxylic acids is 2. The van der Waals surface area contributed by atoms with Gasteiger partial charge in [0.1, 0.15) is 17.0 Å². The normalized spacial score (nSPS) is 20.7. The van der Waals surface area contributed by atoms with Gasteiger partial charge in [-0.1, -0.05) is 55.1 Å². The molecular formula is C30H31NO4. The predicted octanol–water partition coefficient (Wildman–Crippen LogP) is 6.24. The third-order valence-electron chi connectivity index (χ3n) is 5.95. The lowest BCUT2D eigenvalue weighted by atomic mass is 9.75. The van der Waals surface area contributed by atoms with E-state index in [9.17, 15) is 9.59 Å². The Kier molecular flexibility index (Phi) is 7.92. The van der Waals surface area contributed by atoms with Gasteiger partial charge in [0.15, 0.2) is 0 Å². The van der Waals surface area contributed by atoms with Gasteiger partial charge in [-0.2, -0.15) is 0 Å². The van der Waals surface area contributed by atoms with E-state index in [2.05, 4.69) is 6.58 Å². The van der Waals surface area contributed by atoms with Crippen molar-refractivity contribution in [2.24, 2.45) is 0 Å². The van der Waals surface area contributed by atoms with E-state index >= 15 is 0 Å². The van der Waals surface area contributed by atoms with Crippen LogP contribution in [0, 0.1) is 0 Å². The quantitative estimate of drug-likeness (QED) is 0.208. The molecule has 0 aliphatic carbocycles. The van der Waals surface area contributed by atoms with Crippen LogP contribution in [0.1, 0.15) is 38.8 Å². The molecule has 0 aromatic heterocycles. The van der Waals surface area contributed by atoms with Crippen LogP contribution in [-0.2, 0) is 15.1 Å². The maximum Gasteiger partial charge on any atom is 0.308 e. The lowest BCUT2D eigenvalue weighted by Gasteiger charge is -2.41. The van der Waals surface area contributed by atoms with E-state index < -0.39 is 11.5 Å². The van der Waals surface area contributed by atoms with Crippen LogP contribution in [0.4, 0.5) is 0 Å². The number of nitrogens with zero attached hydrogens (tertiary/aromatic N) is 1. The first kappa shape index (κ1) is 25.5. The Morgan fingerprint density at radius 3 is 1.94 bits per heavy atom. The van der Waals surface area contributed by atoms with Crippen molar-refractivity contribution >= 4 is 11.9 Å². The monoisotopic (exact) mass is 469 g/mol. The van der Waals surface area contributed by atoms with Crippen LogP contribution in [0.15, 0.2) is 108 Å². The van der Waals surface area contributed by atoms with Crippen LogP contribution in [0.5, 0.6) is 11.5 Å². The minimum atomic E-state index is -0.983. The number of likely N-dealkylation sites (tertiary alicyclic amines) is 1. The van der Waals surface area contributed by atoms with Crippen LogP contribution in [0.25, 0.3) is 0 Å². The van der Waals surface area contributed by atoms with Gasteiger partial charge in [0.25, 0.3) is 5.91 Å². The van der Waals surface area contributed by atoms with Crippen molar-refractivity contribution in [1.29, 1.82) is 0 Å². The number of hydrogen-bond acceptors (Lipinski definition) is 4. The molecule has 1 heterocycles. The first-order chi connectivity index (χ1) is 16.9. The molecule has 1 amide bonds. The van der Waals surface area contributed by atoms with Crippen molar-refractivity contribution in [3.05, 3.63) is 120 Å². The number of allylic oxidation sites excluding steroid dienone is 6. The average Bonchev–Trinajstić information content (AvgIpc) is 3.12. The van der Waals surface area contributed by atoms with Gasteiger partial charge in [-0.3, -0.25) is 14.5 Å². The minimum absolute atomic E-state index is 0.119. The largest absolute Gasteiger partial charge is 0.497 e. The van der Waals surface area contributed by atoms with E-state index in [1.54, 1.807) is 25.3 Å². The van der Waals surface area contributed by atoms with Crippen molar-refractivity contribution in [2.75, 3.05) is 7.11 Å². The number of methoxy groups -OCH3 is 1. The van der Waals surface area contributed by atoms with Crippen molar-refractivity contribution in [1.82, 2.24) is 4.90 Å². The molecule has 1 aliphatic heterocycles. The second kappa shape index (κ2) is 10.9. The lowest BCUT2D eigenvalue weighted by molar-refractivity contribution is -0.132. The van der Waals surface area contributed by atoms with Crippen LogP contribution in [0.2, 0.25) is 0 Å². The van der Waals surface area contributed by atoms with Crippen LogP contribution < -0.4 is 9.47 Å². The molecule has 1 atom stereocenters. The van der Waals surface area contributed by atoms with Gasteiger partial charge in [0.2, 0.25) is 0 Å². The summed E-state index contributed by atoms with van der Waals surface area (Å²) in [6.07, 6.45) is 11.1.